The van der Waals surface area contributed by atoms with E-state index in [4.69, 9.17) is 14.2 Å². The van der Waals surface area contributed by atoms with Gasteiger partial charge in [0.2, 0.25) is 0 Å². The summed E-state index contributed by atoms with van der Waals surface area (Å²) in [5, 5.41) is 0. The maximum absolute atomic E-state index is 10.9. The molecule has 1 atom stereocenters. The van der Waals surface area contributed by atoms with Gasteiger partial charge in [0, 0.05) is 7.11 Å². The number of methoxy groups -OCH3 is 2. The van der Waals surface area contributed by atoms with Crippen LogP contribution in [-0.4, -0.2) is 46.3 Å². The van der Waals surface area contributed by atoms with Gasteiger partial charge < -0.3 is 18.9 Å². The zero-order valence-corrected chi connectivity index (χ0v) is 9.45. The molecule has 15 heavy (non-hydrogen) atoms. The molecule has 5 nitrogen and oxygen atoms in total. The molecule has 0 spiro atoms. The van der Waals surface area contributed by atoms with E-state index in [0.717, 1.165) is 0 Å². The predicted molar refractivity (Wildman–Crippen MR) is 54.4 cm³/mol. The molecule has 0 aromatic heterocycles. The molecule has 5 heteroatoms. The lowest BCUT2D eigenvalue weighted by Crippen LogP contribution is -2.16. The third kappa shape index (κ3) is 7.07. The molecule has 0 aliphatic rings. The van der Waals surface area contributed by atoms with Crippen LogP contribution in [0.25, 0.3) is 0 Å². The number of carbonyl (C=O) groups excluding carboxylic acids is 1. The summed E-state index contributed by atoms with van der Waals surface area (Å²) < 4.78 is 19.6. The maximum atomic E-state index is 10.9. The van der Waals surface area contributed by atoms with Crippen LogP contribution in [0, 0.1) is 0 Å². The summed E-state index contributed by atoms with van der Waals surface area (Å²) >= 11 is 0. The average Bonchev–Trinajstić information content (AvgIpc) is 2.26. The van der Waals surface area contributed by atoms with Crippen molar-refractivity contribution in [2.45, 2.75) is 13.2 Å². The van der Waals surface area contributed by atoms with Crippen LogP contribution in [0.3, 0.4) is 0 Å². The van der Waals surface area contributed by atoms with Crippen LogP contribution in [0.2, 0.25) is 0 Å². The fourth-order valence-corrected chi connectivity index (χ4v) is 0.740. The average molecular weight is 218 g/mol. The van der Waals surface area contributed by atoms with Crippen molar-refractivity contribution >= 4 is 5.97 Å². The first-order chi connectivity index (χ1) is 7.11. The molecule has 88 valence electrons. The number of esters is 1. The van der Waals surface area contributed by atoms with Crippen molar-refractivity contribution in [2.24, 2.45) is 0 Å². The van der Waals surface area contributed by atoms with Crippen LogP contribution < -0.4 is 0 Å². The van der Waals surface area contributed by atoms with E-state index in [0.29, 0.717) is 13.2 Å². The van der Waals surface area contributed by atoms with E-state index >= 15 is 0 Å². The third-order valence-electron chi connectivity index (χ3n) is 1.66. The summed E-state index contributed by atoms with van der Waals surface area (Å²) in [5.41, 5.74) is 0.289. The second-order valence-electron chi connectivity index (χ2n) is 2.82. The minimum absolute atomic E-state index is 0.150. The number of hydrogen-bond acceptors (Lipinski definition) is 5. The molecule has 0 aromatic rings. The molecular formula is C10H18O5. The molecule has 0 amide bonds. The van der Waals surface area contributed by atoms with Crippen LogP contribution in [0.1, 0.15) is 6.92 Å². The Kier molecular flexibility index (Phi) is 7.89. The molecule has 0 fully saturated rings. The highest BCUT2D eigenvalue weighted by Gasteiger charge is 2.06. The van der Waals surface area contributed by atoms with Gasteiger partial charge in [0.05, 0.1) is 32.5 Å². The SMILES string of the molecule is C=C(COCCOC(C)OC)C(=O)OC. The summed E-state index contributed by atoms with van der Waals surface area (Å²) in [5.74, 6) is -0.457. The molecule has 0 N–H and O–H groups in total. The monoisotopic (exact) mass is 218 g/mol. The van der Waals surface area contributed by atoms with E-state index in [2.05, 4.69) is 11.3 Å². The molecule has 0 aromatic carbocycles. The van der Waals surface area contributed by atoms with Gasteiger partial charge in [-0.25, -0.2) is 4.79 Å². The highest BCUT2D eigenvalue weighted by Crippen LogP contribution is 1.95. The third-order valence-corrected chi connectivity index (χ3v) is 1.66. The minimum atomic E-state index is -0.457. The highest BCUT2D eigenvalue weighted by atomic mass is 16.7. The van der Waals surface area contributed by atoms with Crippen LogP contribution in [0.5, 0.6) is 0 Å². The van der Waals surface area contributed by atoms with Gasteiger partial charge in [0.25, 0.3) is 0 Å². The van der Waals surface area contributed by atoms with Crippen molar-refractivity contribution in [3.8, 4) is 0 Å². The van der Waals surface area contributed by atoms with Crippen molar-refractivity contribution in [3.63, 3.8) is 0 Å². The number of carbonyl (C=O) groups is 1. The lowest BCUT2D eigenvalue weighted by molar-refractivity contribution is -0.137. The van der Waals surface area contributed by atoms with Crippen molar-refractivity contribution in [3.05, 3.63) is 12.2 Å². The second kappa shape index (κ2) is 8.40. The van der Waals surface area contributed by atoms with Crippen molar-refractivity contribution in [1.82, 2.24) is 0 Å². The summed E-state index contributed by atoms with van der Waals surface area (Å²) in [7, 11) is 2.86. The van der Waals surface area contributed by atoms with E-state index in [1.54, 1.807) is 14.0 Å². The van der Waals surface area contributed by atoms with Gasteiger partial charge in [0.1, 0.15) is 0 Å². The molecule has 0 heterocycles. The Balaban J connectivity index is 3.39. The molecule has 0 saturated heterocycles. The van der Waals surface area contributed by atoms with E-state index in [1.807, 2.05) is 0 Å². The van der Waals surface area contributed by atoms with Gasteiger partial charge in [-0.05, 0) is 6.92 Å². The molecule has 0 radical (unpaired) electrons. The number of ether oxygens (including phenoxy) is 4. The lowest BCUT2D eigenvalue weighted by Gasteiger charge is -2.11. The normalized spacial score (nSPS) is 12.2. The van der Waals surface area contributed by atoms with Gasteiger partial charge >= 0.3 is 5.97 Å². The summed E-state index contributed by atoms with van der Waals surface area (Å²) in [6.07, 6.45) is -0.252. The first-order valence-corrected chi connectivity index (χ1v) is 4.60. The Morgan fingerprint density at radius 1 is 1.33 bits per heavy atom. The topological polar surface area (TPSA) is 54.0 Å². The maximum Gasteiger partial charge on any atom is 0.335 e. The van der Waals surface area contributed by atoms with E-state index in [-0.39, 0.29) is 18.5 Å². The van der Waals surface area contributed by atoms with Crippen LogP contribution >= 0.6 is 0 Å². The molecule has 0 bridgehead atoms. The number of hydrogen-bond donors (Lipinski definition) is 0. The Labute approximate surface area is 89.9 Å². The summed E-state index contributed by atoms with van der Waals surface area (Å²) in [4.78, 5) is 10.9. The Bertz CT molecular complexity index is 202. The van der Waals surface area contributed by atoms with E-state index in [1.165, 1.54) is 7.11 Å². The Morgan fingerprint density at radius 3 is 2.53 bits per heavy atom. The quantitative estimate of drug-likeness (QED) is 0.260. The first kappa shape index (κ1) is 14.1. The molecule has 0 saturated carbocycles. The molecule has 0 aliphatic carbocycles. The summed E-state index contributed by atoms with van der Waals surface area (Å²) in [6.45, 7) is 6.23. The smallest absolute Gasteiger partial charge is 0.335 e. The predicted octanol–water partition coefficient (Wildman–Crippen LogP) is 0.741. The van der Waals surface area contributed by atoms with Crippen molar-refractivity contribution in [1.29, 1.82) is 0 Å². The lowest BCUT2D eigenvalue weighted by atomic mass is 10.3. The molecule has 0 rings (SSSR count). The molecule has 1 unspecified atom stereocenters. The van der Waals surface area contributed by atoms with E-state index in [9.17, 15) is 4.79 Å². The standard InChI is InChI=1S/C10H18O5/c1-8(10(11)13-4)7-14-5-6-15-9(2)12-3/h9H,1,5-7H2,2-4H3. The van der Waals surface area contributed by atoms with Crippen LogP contribution in [-0.2, 0) is 23.7 Å². The fourth-order valence-electron chi connectivity index (χ4n) is 0.740. The largest absolute Gasteiger partial charge is 0.466 e. The van der Waals surface area contributed by atoms with Crippen molar-refractivity contribution in [2.75, 3.05) is 34.0 Å². The Hall–Kier alpha value is -0.910. The van der Waals surface area contributed by atoms with E-state index < -0.39 is 5.97 Å². The van der Waals surface area contributed by atoms with Gasteiger partial charge in [0.15, 0.2) is 6.29 Å². The zero-order chi connectivity index (χ0) is 11.7. The number of rotatable bonds is 8. The van der Waals surface area contributed by atoms with Gasteiger partial charge in [-0.15, -0.1) is 0 Å². The summed E-state index contributed by atoms with van der Waals surface area (Å²) in [6, 6.07) is 0. The van der Waals surface area contributed by atoms with Crippen LogP contribution in [0.15, 0.2) is 12.2 Å². The molecular weight excluding hydrogens is 200 g/mol. The highest BCUT2D eigenvalue weighted by molar-refractivity contribution is 5.87. The van der Waals surface area contributed by atoms with Gasteiger partial charge in [-0.1, -0.05) is 6.58 Å². The van der Waals surface area contributed by atoms with Crippen molar-refractivity contribution < 1.29 is 23.7 Å². The second-order valence-corrected chi connectivity index (χ2v) is 2.82. The zero-order valence-electron chi connectivity index (χ0n) is 9.45. The van der Waals surface area contributed by atoms with Crippen LogP contribution in [0.4, 0.5) is 0 Å². The Morgan fingerprint density at radius 2 is 2.00 bits per heavy atom. The fraction of sp³-hybridized carbons (Fsp3) is 0.700. The molecule has 0 aliphatic heterocycles. The van der Waals surface area contributed by atoms with Gasteiger partial charge in [-0.3, -0.25) is 0 Å². The first-order valence-electron chi connectivity index (χ1n) is 4.60. The minimum Gasteiger partial charge on any atom is -0.466 e. The van der Waals surface area contributed by atoms with Gasteiger partial charge in [-0.2, -0.15) is 0 Å².